The lowest BCUT2D eigenvalue weighted by molar-refractivity contribution is -0.115. The third kappa shape index (κ3) is 4.50. The van der Waals surface area contributed by atoms with Gasteiger partial charge in [-0.1, -0.05) is 29.8 Å². The van der Waals surface area contributed by atoms with Gasteiger partial charge in [0.05, 0.1) is 16.9 Å². The molecule has 0 N–H and O–H groups in total. The van der Waals surface area contributed by atoms with Crippen molar-refractivity contribution < 1.29 is 18.7 Å². The van der Waals surface area contributed by atoms with Gasteiger partial charge in [0.2, 0.25) is 5.91 Å². The molecule has 0 aliphatic heterocycles. The van der Waals surface area contributed by atoms with Gasteiger partial charge in [0, 0.05) is 17.3 Å². The molecule has 0 unspecified atom stereocenters. The molecule has 1 aromatic heterocycles. The van der Waals surface area contributed by atoms with Gasteiger partial charge in [0.1, 0.15) is 12.4 Å². The van der Waals surface area contributed by atoms with Gasteiger partial charge in [-0.3, -0.25) is 9.69 Å². The topological polar surface area (TPSA) is 59.5 Å². The number of ether oxygens (including phenoxy) is 1. The molecule has 0 radical (unpaired) electrons. The third-order valence-electron chi connectivity index (χ3n) is 3.56. The molecule has 0 bridgehead atoms. The van der Waals surface area contributed by atoms with Crippen molar-refractivity contribution in [2.75, 3.05) is 4.90 Å². The van der Waals surface area contributed by atoms with Crippen molar-refractivity contribution in [2.24, 2.45) is 0 Å². The monoisotopic (exact) mass is 404 g/mol. The van der Waals surface area contributed by atoms with Crippen LogP contribution >= 0.6 is 22.9 Å². The molecule has 8 heteroatoms. The van der Waals surface area contributed by atoms with E-state index in [4.69, 9.17) is 16.3 Å². The van der Waals surface area contributed by atoms with Crippen molar-refractivity contribution in [3.8, 4) is 0 Å². The Bertz CT molecular complexity index is 992. The average Bonchev–Trinajstić information content (AvgIpc) is 3.08. The summed E-state index contributed by atoms with van der Waals surface area (Å²) in [7, 11) is 0. The number of thiazole rings is 1. The summed E-state index contributed by atoms with van der Waals surface area (Å²) < 4.78 is 18.7. The minimum atomic E-state index is -0.777. The third-order valence-corrected chi connectivity index (χ3v) is 4.67. The first kappa shape index (κ1) is 19.0. The molecule has 0 atom stereocenters. The minimum Gasteiger partial charge on any atom is -0.455 e. The molecule has 0 saturated carbocycles. The van der Waals surface area contributed by atoms with Crippen LogP contribution in [-0.4, -0.2) is 16.9 Å². The number of anilines is 2. The van der Waals surface area contributed by atoms with Crippen LogP contribution in [-0.2, 0) is 16.1 Å². The number of aromatic nitrogens is 1. The quantitative estimate of drug-likeness (QED) is 0.563. The van der Waals surface area contributed by atoms with Gasteiger partial charge in [-0.25, -0.2) is 14.2 Å². The Morgan fingerprint density at radius 1 is 1.22 bits per heavy atom. The average molecular weight is 405 g/mol. The molecule has 1 amide bonds. The Morgan fingerprint density at radius 3 is 2.70 bits per heavy atom. The van der Waals surface area contributed by atoms with Crippen molar-refractivity contribution in [3.05, 3.63) is 76.0 Å². The predicted molar refractivity (Wildman–Crippen MR) is 102 cm³/mol. The molecule has 0 spiro atoms. The van der Waals surface area contributed by atoms with Gasteiger partial charge < -0.3 is 4.74 Å². The second kappa shape index (κ2) is 8.28. The van der Waals surface area contributed by atoms with Crippen LogP contribution in [0, 0.1) is 5.82 Å². The lowest BCUT2D eigenvalue weighted by Gasteiger charge is -2.18. The Hall–Kier alpha value is -2.77. The maximum atomic E-state index is 13.6. The second-order valence-corrected chi connectivity index (χ2v) is 6.78. The molecule has 5 nitrogen and oxygen atoms in total. The van der Waals surface area contributed by atoms with Gasteiger partial charge in [-0.15, -0.1) is 11.3 Å². The molecule has 0 fully saturated rings. The summed E-state index contributed by atoms with van der Waals surface area (Å²) in [4.78, 5) is 29.8. The van der Waals surface area contributed by atoms with E-state index in [1.807, 2.05) is 0 Å². The van der Waals surface area contributed by atoms with E-state index >= 15 is 0 Å². The van der Waals surface area contributed by atoms with E-state index < -0.39 is 11.8 Å². The number of esters is 1. The number of rotatable bonds is 5. The number of hydrogen-bond acceptors (Lipinski definition) is 5. The minimum absolute atomic E-state index is 0.134. The number of halogens is 2. The maximum absolute atomic E-state index is 13.6. The number of hydrogen-bond donors (Lipinski definition) is 0. The predicted octanol–water partition coefficient (Wildman–Crippen LogP) is 4.98. The summed E-state index contributed by atoms with van der Waals surface area (Å²) >= 11 is 7.22. The molecule has 0 aliphatic carbocycles. The molecular formula is C19H14ClFN2O3S. The van der Waals surface area contributed by atoms with Crippen LogP contribution in [0.15, 0.2) is 53.9 Å². The van der Waals surface area contributed by atoms with Crippen LogP contribution < -0.4 is 4.90 Å². The van der Waals surface area contributed by atoms with Crippen molar-refractivity contribution in [1.29, 1.82) is 0 Å². The molecule has 27 heavy (non-hydrogen) atoms. The maximum Gasteiger partial charge on any atom is 0.341 e. The highest BCUT2D eigenvalue weighted by Crippen LogP contribution is 2.30. The zero-order valence-electron chi connectivity index (χ0n) is 14.2. The summed E-state index contributed by atoms with van der Waals surface area (Å²) in [6.07, 6.45) is 0. The second-order valence-electron chi connectivity index (χ2n) is 5.51. The summed E-state index contributed by atoms with van der Waals surface area (Å²) in [5.74, 6) is -1.66. The van der Waals surface area contributed by atoms with Gasteiger partial charge in [0.25, 0.3) is 0 Å². The molecule has 0 saturated heterocycles. The first-order chi connectivity index (χ1) is 13.0. The molecule has 1 heterocycles. The van der Waals surface area contributed by atoms with Crippen LogP contribution in [0.5, 0.6) is 0 Å². The number of carbonyl (C=O) groups is 2. The highest BCUT2D eigenvalue weighted by atomic mass is 35.5. The summed E-state index contributed by atoms with van der Waals surface area (Å²) in [6, 6.07) is 12.4. The summed E-state index contributed by atoms with van der Waals surface area (Å²) in [6.45, 7) is 1.28. The first-order valence-electron chi connectivity index (χ1n) is 7.88. The fraction of sp³-hybridized carbons (Fsp3) is 0.105. The van der Waals surface area contributed by atoms with Gasteiger partial charge in [0.15, 0.2) is 5.13 Å². The largest absolute Gasteiger partial charge is 0.455 e. The van der Waals surface area contributed by atoms with Gasteiger partial charge in [-0.05, 0) is 30.3 Å². The number of carbonyl (C=O) groups excluding carboxylic acids is 2. The van der Waals surface area contributed by atoms with E-state index in [1.165, 1.54) is 41.4 Å². The highest BCUT2D eigenvalue weighted by Gasteiger charge is 2.19. The van der Waals surface area contributed by atoms with Crippen LogP contribution in [0.2, 0.25) is 5.02 Å². The van der Waals surface area contributed by atoms with Crippen molar-refractivity contribution >= 4 is 45.6 Å². The number of benzene rings is 2. The Balaban J connectivity index is 1.74. The lowest BCUT2D eigenvalue weighted by atomic mass is 10.2. The highest BCUT2D eigenvalue weighted by molar-refractivity contribution is 7.14. The summed E-state index contributed by atoms with van der Waals surface area (Å²) in [5, 5.41) is 2.58. The van der Waals surface area contributed by atoms with Crippen LogP contribution in [0.1, 0.15) is 23.0 Å². The fourth-order valence-electron chi connectivity index (χ4n) is 2.35. The SMILES string of the molecule is CC(=O)N(c1cccc(Cl)c1)c1nc(COC(=O)c2ccccc2F)cs1. The van der Waals surface area contributed by atoms with Crippen molar-refractivity contribution in [1.82, 2.24) is 4.98 Å². The number of nitrogens with zero attached hydrogens (tertiary/aromatic N) is 2. The van der Waals surface area contributed by atoms with Gasteiger partial charge in [-0.2, -0.15) is 0 Å². The van der Waals surface area contributed by atoms with Crippen molar-refractivity contribution in [2.45, 2.75) is 13.5 Å². The Kier molecular flexibility index (Phi) is 5.83. The van der Waals surface area contributed by atoms with E-state index in [0.29, 0.717) is 21.5 Å². The van der Waals surface area contributed by atoms with Gasteiger partial charge >= 0.3 is 5.97 Å². The lowest BCUT2D eigenvalue weighted by Crippen LogP contribution is -2.22. The van der Waals surface area contributed by atoms with Crippen LogP contribution in [0.25, 0.3) is 0 Å². The van der Waals surface area contributed by atoms with E-state index in [2.05, 4.69) is 4.98 Å². The smallest absolute Gasteiger partial charge is 0.341 e. The van der Waals surface area contributed by atoms with Crippen molar-refractivity contribution in [3.63, 3.8) is 0 Å². The Labute approximate surface area is 164 Å². The molecule has 2 aromatic carbocycles. The molecule has 3 rings (SSSR count). The fourth-order valence-corrected chi connectivity index (χ4v) is 3.41. The van der Waals surface area contributed by atoms with Crippen LogP contribution in [0.3, 0.4) is 0 Å². The molecule has 3 aromatic rings. The molecular weight excluding hydrogens is 391 g/mol. The van der Waals surface area contributed by atoms with E-state index in [1.54, 1.807) is 35.7 Å². The molecule has 138 valence electrons. The molecule has 0 aliphatic rings. The van der Waals surface area contributed by atoms with Crippen LogP contribution in [0.4, 0.5) is 15.2 Å². The normalized spacial score (nSPS) is 10.5. The van der Waals surface area contributed by atoms with E-state index in [9.17, 15) is 14.0 Å². The van der Waals surface area contributed by atoms with E-state index in [0.717, 1.165) is 0 Å². The number of amides is 1. The zero-order valence-corrected chi connectivity index (χ0v) is 15.8. The Morgan fingerprint density at radius 2 is 2.00 bits per heavy atom. The van der Waals surface area contributed by atoms with E-state index in [-0.39, 0.29) is 18.1 Å². The summed E-state index contributed by atoms with van der Waals surface area (Å²) in [5.41, 5.74) is 0.893. The standard InChI is InChI=1S/C19H14ClFN2O3S/c1-12(24)23(15-6-4-5-13(20)9-15)19-22-14(11-27-19)10-26-18(25)16-7-2-3-8-17(16)21/h2-9,11H,10H2,1H3. The first-order valence-corrected chi connectivity index (χ1v) is 9.14. The zero-order chi connectivity index (χ0) is 19.4.